The predicted molar refractivity (Wildman–Crippen MR) is 74.9 cm³/mol. The summed E-state index contributed by atoms with van der Waals surface area (Å²) in [5, 5.41) is 0.391. The molecule has 0 aromatic heterocycles. The van der Waals surface area contributed by atoms with E-state index >= 15 is 0 Å². The van der Waals surface area contributed by atoms with E-state index in [1.807, 2.05) is 0 Å². The fourth-order valence-electron chi connectivity index (χ4n) is 1.67. The number of anilines is 1. The van der Waals surface area contributed by atoms with Crippen LogP contribution in [0.2, 0.25) is 5.02 Å². The lowest BCUT2D eigenvalue weighted by Crippen LogP contribution is -2.43. The maximum atomic E-state index is 11.9. The summed E-state index contributed by atoms with van der Waals surface area (Å²) in [4.78, 5) is 11.7. The second-order valence-electron chi connectivity index (χ2n) is 3.97. The van der Waals surface area contributed by atoms with Crippen LogP contribution in [0.1, 0.15) is 13.8 Å². The SMILES string of the molecule is CCOC(=O)[C@@H](C)N(c1cccc(Cl)c1)S(C)(=O)=O. The summed E-state index contributed by atoms with van der Waals surface area (Å²) >= 11 is 5.85. The van der Waals surface area contributed by atoms with E-state index in [-0.39, 0.29) is 6.61 Å². The molecule has 5 nitrogen and oxygen atoms in total. The maximum absolute atomic E-state index is 11.9. The van der Waals surface area contributed by atoms with Crippen LogP contribution in [0.15, 0.2) is 24.3 Å². The number of ether oxygens (including phenoxy) is 1. The molecular formula is C12H16ClNO4S. The molecule has 0 saturated heterocycles. The summed E-state index contributed by atoms with van der Waals surface area (Å²) in [6.07, 6.45) is 1.03. The second-order valence-corrected chi connectivity index (χ2v) is 6.26. The molecule has 0 heterocycles. The van der Waals surface area contributed by atoms with Crippen LogP contribution in [0.5, 0.6) is 0 Å². The smallest absolute Gasteiger partial charge is 0.329 e. The van der Waals surface area contributed by atoms with Gasteiger partial charge in [0, 0.05) is 5.02 Å². The highest BCUT2D eigenvalue weighted by Crippen LogP contribution is 2.24. The van der Waals surface area contributed by atoms with E-state index in [1.165, 1.54) is 13.0 Å². The first kappa shape index (κ1) is 15.8. The molecule has 1 aromatic carbocycles. The van der Waals surface area contributed by atoms with Gasteiger partial charge in [-0.1, -0.05) is 17.7 Å². The van der Waals surface area contributed by atoms with Crippen molar-refractivity contribution in [2.24, 2.45) is 0 Å². The fraction of sp³-hybridized carbons (Fsp3) is 0.417. The molecule has 0 bridgehead atoms. The summed E-state index contributed by atoms with van der Waals surface area (Å²) in [7, 11) is -3.62. The quantitative estimate of drug-likeness (QED) is 0.781. The third kappa shape index (κ3) is 4.11. The number of carbonyl (C=O) groups is 1. The van der Waals surface area contributed by atoms with Gasteiger partial charge in [0.2, 0.25) is 10.0 Å². The van der Waals surface area contributed by atoms with Crippen LogP contribution in [0.25, 0.3) is 0 Å². The average molecular weight is 306 g/mol. The molecule has 0 unspecified atom stereocenters. The number of esters is 1. The first-order valence-corrected chi connectivity index (χ1v) is 7.91. The second kappa shape index (κ2) is 6.25. The Morgan fingerprint density at radius 2 is 2.11 bits per heavy atom. The van der Waals surface area contributed by atoms with Gasteiger partial charge < -0.3 is 4.74 Å². The minimum Gasteiger partial charge on any atom is -0.464 e. The maximum Gasteiger partial charge on any atom is 0.329 e. The average Bonchev–Trinajstić information content (AvgIpc) is 2.27. The highest BCUT2D eigenvalue weighted by molar-refractivity contribution is 7.92. The number of sulfonamides is 1. The molecule has 1 rings (SSSR count). The zero-order chi connectivity index (χ0) is 14.6. The number of hydrogen-bond donors (Lipinski definition) is 0. The lowest BCUT2D eigenvalue weighted by atomic mass is 10.2. The van der Waals surface area contributed by atoms with Gasteiger partial charge >= 0.3 is 5.97 Å². The van der Waals surface area contributed by atoms with Crippen LogP contribution in [0, 0.1) is 0 Å². The summed E-state index contributed by atoms with van der Waals surface area (Å²) in [5.74, 6) is -0.604. The van der Waals surface area contributed by atoms with Gasteiger partial charge in [-0.05, 0) is 32.0 Å². The summed E-state index contributed by atoms with van der Waals surface area (Å²) in [6.45, 7) is 3.32. The predicted octanol–water partition coefficient (Wildman–Crippen LogP) is 2.06. The van der Waals surface area contributed by atoms with Crippen molar-refractivity contribution in [2.75, 3.05) is 17.2 Å². The van der Waals surface area contributed by atoms with E-state index < -0.39 is 22.0 Å². The van der Waals surface area contributed by atoms with E-state index in [2.05, 4.69) is 0 Å². The van der Waals surface area contributed by atoms with Gasteiger partial charge in [0.25, 0.3) is 0 Å². The van der Waals surface area contributed by atoms with Crippen LogP contribution >= 0.6 is 11.6 Å². The molecule has 0 aliphatic heterocycles. The van der Waals surface area contributed by atoms with Gasteiger partial charge in [-0.2, -0.15) is 0 Å². The molecule has 0 radical (unpaired) electrons. The molecule has 0 amide bonds. The molecule has 0 N–H and O–H groups in total. The Morgan fingerprint density at radius 1 is 1.47 bits per heavy atom. The minimum absolute atomic E-state index is 0.191. The molecule has 0 spiro atoms. The van der Waals surface area contributed by atoms with Gasteiger partial charge in [-0.15, -0.1) is 0 Å². The lowest BCUT2D eigenvalue weighted by Gasteiger charge is -2.27. The Morgan fingerprint density at radius 3 is 2.58 bits per heavy atom. The number of nitrogens with zero attached hydrogens (tertiary/aromatic N) is 1. The van der Waals surface area contributed by atoms with Crippen molar-refractivity contribution >= 4 is 33.3 Å². The topological polar surface area (TPSA) is 63.7 Å². The van der Waals surface area contributed by atoms with E-state index in [1.54, 1.807) is 25.1 Å². The largest absolute Gasteiger partial charge is 0.464 e. The van der Waals surface area contributed by atoms with Crippen LogP contribution in [0.3, 0.4) is 0 Å². The Kier molecular flexibility index (Phi) is 5.20. The van der Waals surface area contributed by atoms with Crippen molar-refractivity contribution in [1.29, 1.82) is 0 Å². The van der Waals surface area contributed by atoms with Gasteiger partial charge in [0.15, 0.2) is 0 Å². The first-order valence-electron chi connectivity index (χ1n) is 5.69. The highest BCUT2D eigenvalue weighted by Gasteiger charge is 2.30. The fourth-order valence-corrected chi connectivity index (χ4v) is 3.02. The third-order valence-electron chi connectivity index (χ3n) is 2.40. The molecule has 0 aliphatic rings. The number of rotatable bonds is 5. The van der Waals surface area contributed by atoms with Gasteiger partial charge in [0.1, 0.15) is 6.04 Å². The molecule has 0 fully saturated rings. The van der Waals surface area contributed by atoms with Crippen molar-refractivity contribution in [2.45, 2.75) is 19.9 Å². The van der Waals surface area contributed by atoms with E-state index in [0.29, 0.717) is 10.7 Å². The van der Waals surface area contributed by atoms with Gasteiger partial charge in [-0.3, -0.25) is 4.31 Å². The monoisotopic (exact) mass is 305 g/mol. The van der Waals surface area contributed by atoms with E-state index in [4.69, 9.17) is 16.3 Å². The van der Waals surface area contributed by atoms with E-state index in [9.17, 15) is 13.2 Å². The number of hydrogen-bond acceptors (Lipinski definition) is 4. The molecular weight excluding hydrogens is 290 g/mol. The number of halogens is 1. The highest BCUT2D eigenvalue weighted by atomic mass is 35.5. The summed E-state index contributed by atoms with van der Waals surface area (Å²) < 4.78 is 29.6. The van der Waals surface area contributed by atoms with Gasteiger partial charge in [0.05, 0.1) is 18.6 Å². The Balaban J connectivity index is 3.20. The minimum atomic E-state index is -3.62. The van der Waals surface area contributed by atoms with E-state index in [0.717, 1.165) is 10.6 Å². The molecule has 7 heteroatoms. The van der Waals surface area contributed by atoms with Crippen molar-refractivity contribution in [1.82, 2.24) is 0 Å². The van der Waals surface area contributed by atoms with Crippen molar-refractivity contribution in [3.8, 4) is 0 Å². The standard InChI is InChI=1S/C12H16ClNO4S/c1-4-18-12(15)9(2)14(19(3,16)17)11-7-5-6-10(13)8-11/h5-9H,4H2,1-3H3/t9-/m1/s1. The molecule has 19 heavy (non-hydrogen) atoms. The van der Waals surface area contributed by atoms with Crippen molar-refractivity contribution < 1.29 is 17.9 Å². The molecule has 0 saturated carbocycles. The normalized spacial score (nSPS) is 12.8. The van der Waals surface area contributed by atoms with Crippen LogP contribution in [0.4, 0.5) is 5.69 Å². The first-order chi connectivity index (χ1) is 8.77. The zero-order valence-electron chi connectivity index (χ0n) is 11.0. The third-order valence-corrected chi connectivity index (χ3v) is 3.88. The lowest BCUT2D eigenvalue weighted by molar-refractivity contribution is -0.144. The Hall–Kier alpha value is -1.27. The summed E-state index contributed by atoms with van der Waals surface area (Å²) in [5.41, 5.74) is 0.329. The summed E-state index contributed by atoms with van der Waals surface area (Å²) in [6, 6.07) is 5.35. The van der Waals surface area contributed by atoms with Crippen LogP contribution in [-0.4, -0.2) is 33.3 Å². The zero-order valence-corrected chi connectivity index (χ0v) is 12.5. The molecule has 1 aromatic rings. The number of carbonyl (C=O) groups excluding carboxylic acids is 1. The Labute approximate surface area is 118 Å². The molecule has 106 valence electrons. The van der Waals surface area contributed by atoms with Crippen molar-refractivity contribution in [3.63, 3.8) is 0 Å². The molecule has 1 atom stereocenters. The Bertz CT molecular complexity index is 559. The molecule has 0 aliphatic carbocycles. The van der Waals surface area contributed by atoms with Crippen LogP contribution in [-0.2, 0) is 19.6 Å². The van der Waals surface area contributed by atoms with Crippen LogP contribution < -0.4 is 4.31 Å². The van der Waals surface area contributed by atoms with Gasteiger partial charge in [-0.25, -0.2) is 13.2 Å². The van der Waals surface area contributed by atoms with Crippen molar-refractivity contribution in [3.05, 3.63) is 29.3 Å². The number of benzene rings is 1.